The summed E-state index contributed by atoms with van der Waals surface area (Å²) in [6.07, 6.45) is 3.45. The molecule has 0 saturated carbocycles. The van der Waals surface area contributed by atoms with Crippen molar-refractivity contribution < 1.29 is 5.11 Å². The number of nitrogens with zero attached hydrogens (tertiary/aromatic N) is 2. The lowest BCUT2D eigenvalue weighted by Gasteiger charge is -2.06. The van der Waals surface area contributed by atoms with Crippen molar-refractivity contribution >= 4 is 11.6 Å². The van der Waals surface area contributed by atoms with E-state index in [4.69, 9.17) is 10.8 Å². The Kier molecular flexibility index (Phi) is 3.45. The number of aromatic nitrogens is 2. The minimum absolute atomic E-state index is 0.304. The van der Waals surface area contributed by atoms with Gasteiger partial charge in [-0.2, -0.15) is 0 Å². The van der Waals surface area contributed by atoms with Crippen LogP contribution in [0, 0.1) is 0 Å². The molecule has 0 aliphatic carbocycles. The third kappa shape index (κ3) is 3.71. The highest BCUT2D eigenvalue weighted by molar-refractivity contribution is 5.38. The maximum atomic E-state index is 8.98. The van der Waals surface area contributed by atoms with Crippen LogP contribution in [0.2, 0.25) is 0 Å². The number of anilines is 2. The third-order valence-electron chi connectivity index (χ3n) is 1.52. The fourth-order valence-electron chi connectivity index (χ4n) is 0.875. The van der Waals surface area contributed by atoms with Crippen molar-refractivity contribution in [3.8, 4) is 0 Å². The van der Waals surface area contributed by atoms with Gasteiger partial charge in [-0.3, -0.25) is 4.98 Å². The molecule has 0 amide bonds. The molecule has 0 saturated heterocycles. The molecule has 0 aliphatic rings. The van der Waals surface area contributed by atoms with E-state index in [0.29, 0.717) is 24.6 Å². The van der Waals surface area contributed by atoms with Gasteiger partial charge in [0.1, 0.15) is 11.6 Å². The average molecular weight is 182 g/mol. The monoisotopic (exact) mass is 182 g/mol. The maximum absolute atomic E-state index is 8.98. The van der Waals surface area contributed by atoms with Gasteiger partial charge in [-0.05, 0) is 13.3 Å². The van der Waals surface area contributed by atoms with Crippen molar-refractivity contribution in [2.75, 3.05) is 17.6 Å². The largest absolute Gasteiger partial charge is 0.393 e. The summed E-state index contributed by atoms with van der Waals surface area (Å²) in [6, 6.07) is 0. The molecule has 72 valence electrons. The fourth-order valence-corrected chi connectivity index (χ4v) is 0.875. The molecule has 0 aliphatic heterocycles. The van der Waals surface area contributed by atoms with E-state index in [-0.39, 0.29) is 6.10 Å². The van der Waals surface area contributed by atoms with Gasteiger partial charge in [0.15, 0.2) is 0 Å². The predicted octanol–water partition coefficient (Wildman–Crippen LogP) is 0.242. The van der Waals surface area contributed by atoms with Crippen molar-refractivity contribution in [1.29, 1.82) is 0 Å². The van der Waals surface area contributed by atoms with E-state index >= 15 is 0 Å². The Balaban J connectivity index is 2.37. The van der Waals surface area contributed by atoms with Gasteiger partial charge < -0.3 is 16.2 Å². The minimum Gasteiger partial charge on any atom is -0.393 e. The molecule has 5 heteroatoms. The summed E-state index contributed by atoms with van der Waals surface area (Å²) in [7, 11) is 0. The normalized spacial score (nSPS) is 12.5. The molecule has 4 N–H and O–H groups in total. The second-order valence-electron chi connectivity index (χ2n) is 2.89. The molecule has 1 aromatic rings. The summed E-state index contributed by atoms with van der Waals surface area (Å²) >= 11 is 0. The Hall–Kier alpha value is -1.36. The smallest absolute Gasteiger partial charge is 0.146 e. The molecule has 0 spiro atoms. The molecule has 5 nitrogen and oxygen atoms in total. The Morgan fingerprint density at radius 3 is 3.00 bits per heavy atom. The highest BCUT2D eigenvalue weighted by atomic mass is 16.3. The number of aliphatic hydroxyl groups excluding tert-OH is 1. The maximum Gasteiger partial charge on any atom is 0.146 e. The summed E-state index contributed by atoms with van der Waals surface area (Å²) in [5.74, 6) is 1.03. The number of rotatable bonds is 4. The van der Waals surface area contributed by atoms with Crippen LogP contribution in [0.15, 0.2) is 12.4 Å². The minimum atomic E-state index is -0.304. The van der Waals surface area contributed by atoms with Crippen LogP contribution >= 0.6 is 0 Å². The molecular formula is C8H14N4O. The van der Waals surface area contributed by atoms with E-state index in [1.54, 1.807) is 13.1 Å². The molecule has 1 atom stereocenters. The lowest BCUT2D eigenvalue weighted by atomic mass is 10.3. The Morgan fingerprint density at radius 1 is 1.62 bits per heavy atom. The quantitative estimate of drug-likeness (QED) is 0.621. The number of aliphatic hydroxyl groups is 1. The molecule has 0 fully saturated rings. The van der Waals surface area contributed by atoms with Crippen LogP contribution in [0.5, 0.6) is 0 Å². The zero-order chi connectivity index (χ0) is 9.68. The number of nitrogen functional groups attached to an aromatic ring is 1. The lowest BCUT2D eigenvalue weighted by Crippen LogP contribution is -2.11. The van der Waals surface area contributed by atoms with Gasteiger partial charge in [0.05, 0.1) is 18.5 Å². The Bertz CT molecular complexity index is 264. The molecule has 0 aromatic carbocycles. The zero-order valence-corrected chi connectivity index (χ0v) is 7.57. The molecule has 0 bridgehead atoms. The number of nitrogens with two attached hydrogens (primary N) is 1. The zero-order valence-electron chi connectivity index (χ0n) is 7.57. The summed E-state index contributed by atoms with van der Waals surface area (Å²) in [6.45, 7) is 2.41. The number of nitrogens with one attached hydrogen (secondary N) is 1. The van der Waals surface area contributed by atoms with E-state index in [0.717, 1.165) is 0 Å². The summed E-state index contributed by atoms with van der Waals surface area (Å²) in [4.78, 5) is 7.86. The number of hydrogen-bond donors (Lipinski definition) is 3. The van der Waals surface area contributed by atoms with Crippen LogP contribution in [0.3, 0.4) is 0 Å². The van der Waals surface area contributed by atoms with E-state index in [2.05, 4.69) is 15.3 Å². The molecule has 0 radical (unpaired) electrons. The highest BCUT2D eigenvalue weighted by Gasteiger charge is 1.97. The van der Waals surface area contributed by atoms with Crippen LogP contribution in [0.4, 0.5) is 11.6 Å². The fraction of sp³-hybridized carbons (Fsp3) is 0.500. The summed E-state index contributed by atoms with van der Waals surface area (Å²) < 4.78 is 0. The number of hydrogen-bond acceptors (Lipinski definition) is 5. The first-order valence-corrected chi connectivity index (χ1v) is 4.18. The first kappa shape index (κ1) is 9.73. The molecule has 1 aromatic heterocycles. The van der Waals surface area contributed by atoms with Crippen molar-refractivity contribution in [3.05, 3.63) is 12.4 Å². The van der Waals surface area contributed by atoms with E-state index < -0.39 is 0 Å². The van der Waals surface area contributed by atoms with E-state index in [9.17, 15) is 0 Å². The standard InChI is InChI=1S/C8H14N4O/c1-6(13)2-3-11-8-5-10-4-7(9)12-8/h4-6,13H,2-3H2,1H3,(H3,9,11,12). The van der Waals surface area contributed by atoms with Crippen molar-refractivity contribution in [1.82, 2.24) is 9.97 Å². The second-order valence-corrected chi connectivity index (χ2v) is 2.89. The van der Waals surface area contributed by atoms with Gasteiger partial charge >= 0.3 is 0 Å². The van der Waals surface area contributed by atoms with Gasteiger partial charge in [0.2, 0.25) is 0 Å². The van der Waals surface area contributed by atoms with Gasteiger partial charge in [0, 0.05) is 6.54 Å². The molecular weight excluding hydrogens is 168 g/mol. The highest BCUT2D eigenvalue weighted by Crippen LogP contribution is 2.02. The SMILES string of the molecule is CC(O)CCNc1cncc(N)n1. The van der Waals surface area contributed by atoms with E-state index in [1.165, 1.54) is 6.20 Å². The third-order valence-corrected chi connectivity index (χ3v) is 1.52. The second kappa shape index (κ2) is 4.61. The van der Waals surface area contributed by atoms with Crippen molar-refractivity contribution in [3.63, 3.8) is 0 Å². The topological polar surface area (TPSA) is 84.1 Å². The van der Waals surface area contributed by atoms with E-state index in [1.807, 2.05) is 0 Å². The Labute approximate surface area is 77.0 Å². The Morgan fingerprint density at radius 2 is 2.38 bits per heavy atom. The summed E-state index contributed by atoms with van der Waals surface area (Å²) in [5, 5.41) is 12.0. The summed E-state index contributed by atoms with van der Waals surface area (Å²) in [5.41, 5.74) is 5.43. The van der Waals surface area contributed by atoms with Gasteiger partial charge in [-0.1, -0.05) is 0 Å². The average Bonchev–Trinajstić information content (AvgIpc) is 2.03. The lowest BCUT2D eigenvalue weighted by molar-refractivity contribution is 0.188. The first-order valence-electron chi connectivity index (χ1n) is 4.18. The van der Waals surface area contributed by atoms with Crippen LogP contribution in [0.25, 0.3) is 0 Å². The molecule has 1 rings (SSSR count). The van der Waals surface area contributed by atoms with Crippen molar-refractivity contribution in [2.24, 2.45) is 0 Å². The first-order chi connectivity index (χ1) is 6.18. The molecule has 1 heterocycles. The molecule has 13 heavy (non-hydrogen) atoms. The van der Waals surface area contributed by atoms with Crippen LogP contribution in [0.1, 0.15) is 13.3 Å². The van der Waals surface area contributed by atoms with Gasteiger partial charge in [-0.25, -0.2) is 4.98 Å². The van der Waals surface area contributed by atoms with Crippen LogP contribution in [-0.4, -0.2) is 27.7 Å². The van der Waals surface area contributed by atoms with Gasteiger partial charge in [-0.15, -0.1) is 0 Å². The van der Waals surface area contributed by atoms with Crippen LogP contribution in [-0.2, 0) is 0 Å². The predicted molar refractivity (Wildman–Crippen MR) is 51.2 cm³/mol. The van der Waals surface area contributed by atoms with Crippen molar-refractivity contribution in [2.45, 2.75) is 19.4 Å². The van der Waals surface area contributed by atoms with Crippen LogP contribution < -0.4 is 11.1 Å². The molecule has 1 unspecified atom stereocenters. The van der Waals surface area contributed by atoms with Gasteiger partial charge in [0.25, 0.3) is 0 Å².